The number of primary amides is 1. The molecular formula is C11H10N2O5. The number of carbonyl (C=O) groups excluding carboxylic acids is 1. The van der Waals surface area contributed by atoms with Crippen LogP contribution in [0.2, 0.25) is 0 Å². The van der Waals surface area contributed by atoms with Crippen molar-refractivity contribution < 1.29 is 19.6 Å². The van der Waals surface area contributed by atoms with E-state index in [2.05, 4.69) is 0 Å². The molecule has 0 fully saturated rings. The van der Waals surface area contributed by atoms with Gasteiger partial charge in [-0.1, -0.05) is 0 Å². The van der Waals surface area contributed by atoms with Gasteiger partial charge in [0.05, 0.1) is 10.5 Å². The molecule has 0 unspecified atom stereocenters. The molecule has 7 heteroatoms. The Morgan fingerprint density at radius 2 is 2.06 bits per heavy atom. The number of rotatable bonds is 4. The summed E-state index contributed by atoms with van der Waals surface area (Å²) in [5, 5.41) is 19.7. The Morgan fingerprint density at radius 1 is 1.44 bits per heavy atom. The molecule has 0 heterocycles. The number of carboxylic acids is 1. The van der Waals surface area contributed by atoms with Gasteiger partial charge in [0.1, 0.15) is 0 Å². The highest BCUT2D eigenvalue weighted by molar-refractivity contribution is 5.93. The summed E-state index contributed by atoms with van der Waals surface area (Å²) < 4.78 is 0. The number of benzene rings is 1. The summed E-state index contributed by atoms with van der Waals surface area (Å²) in [7, 11) is 0. The monoisotopic (exact) mass is 250 g/mol. The topological polar surface area (TPSA) is 124 Å². The minimum atomic E-state index is -1.27. The van der Waals surface area contributed by atoms with Crippen LogP contribution >= 0.6 is 0 Å². The second-order valence-electron chi connectivity index (χ2n) is 3.51. The minimum Gasteiger partial charge on any atom is -0.478 e. The highest BCUT2D eigenvalue weighted by Gasteiger charge is 2.19. The maximum absolute atomic E-state index is 10.9. The number of hydrogen-bond donors (Lipinski definition) is 2. The molecule has 1 rings (SSSR count). The first kappa shape index (κ1) is 13.4. The van der Waals surface area contributed by atoms with E-state index in [0.29, 0.717) is 0 Å². The van der Waals surface area contributed by atoms with E-state index in [1.165, 1.54) is 25.1 Å². The van der Waals surface area contributed by atoms with Crippen molar-refractivity contribution in [1.82, 2.24) is 0 Å². The Bertz CT molecular complexity index is 528. The number of nitro benzene ring substituents is 1. The number of carboxylic acid groups (broad SMARTS) is 1. The molecule has 18 heavy (non-hydrogen) atoms. The van der Waals surface area contributed by atoms with Gasteiger partial charge >= 0.3 is 5.97 Å². The van der Waals surface area contributed by atoms with Crippen molar-refractivity contribution in [3.63, 3.8) is 0 Å². The zero-order chi connectivity index (χ0) is 13.9. The molecule has 0 aliphatic carbocycles. The van der Waals surface area contributed by atoms with Gasteiger partial charge in [-0.2, -0.15) is 0 Å². The summed E-state index contributed by atoms with van der Waals surface area (Å²) in [6.07, 6.45) is 2.22. The number of hydrogen-bond acceptors (Lipinski definition) is 4. The lowest BCUT2D eigenvalue weighted by atomic mass is 10.0. The van der Waals surface area contributed by atoms with E-state index in [0.717, 1.165) is 6.08 Å². The van der Waals surface area contributed by atoms with E-state index in [4.69, 9.17) is 10.8 Å². The first-order valence-electron chi connectivity index (χ1n) is 4.82. The highest BCUT2D eigenvalue weighted by atomic mass is 16.6. The Morgan fingerprint density at radius 3 is 2.50 bits per heavy atom. The largest absolute Gasteiger partial charge is 0.478 e. The zero-order valence-electron chi connectivity index (χ0n) is 9.41. The smallest absolute Gasteiger partial charge is 0.336 e. The fourth-order valence-electron chi connectivity index (χ4n) is 1.41. The van der Waals surface area contributed by atoms with Gasteiger partial charge in [-0.25, -0.2) is 4.79 Å². The van der Waals surface area contributed by atoms with Crippen LogP contribution < -0.4 is 5.73 Å². The molecule has 0 radical (unpaired) electrons. The fraction of sp³-hybridized carbons (Fsp3) is 0.0909. The van der Waals surface area contributed by atoms with Gasteiger partial charge < -0.3 is 10.8 Å². The Kier molecular flexibility index (Phi) is 3.78. The normalized spacial score (nSPS) is 10.5. The molecule has 0 atom stereocenters. The third-order valence-corrected chi connectivity index (χ3v) is 2.27. The number of nitrogens with zero attached hydrogens (tertiary/aromatic N) is 1. The van der Waals surface area contributed by atoms with Crippen LogP contribution in [-0.2, 0) is 4.79 Å². The third-order valence-electron chi connectivity index (χ3n) is 2.27. The van der Waals surface area contributed by atoms with E-state index < -0.39 is 16.8 Å². The number of carbonyl (C=O) groups is 2. The van der Waals surface area contributed by atoms with Crippen molar-refractivity contribution in [3.05, 3.63) is 45.0 Å². The summed E-state index contributed by atoms with van der Waals surface area (Å²) in [5.74, 6) is -2.00. The van der Waals surface area contributed by atoms with Crippen molar-refractivity contribution in [2.75, 3.05) is 0 Å². The van der Waals surface area contributed by atoms with Gasteiger partial charge in [-0.3, -0.25) is 14.9 Å². The molecule has 0 saturated heterocycles. The molecule has 7 nitrogen and oxygen atoms in total. The molecule has 0 spiro atoms. The van der Waals surface area contributed by atoms with Crippen molar-refractivity contribution in [3.8, 4) is 0 Å². The van der Waals surface area contributed by atoms with E-state index in [1.807, 2.05) is 0 Å². The Labute approximate surface area is 102 Å². The summed E-state index contributed by atoms with van der Waals surface area (Å²) in [4.78, 5) is 31.6. The third kappa shape index (κ3) is 2.91. The summed E-state index contributed by atoms with van der Waals surface area (Å²) in [5.41, 5.74) is 4.67. The SMILES string of the molecule is Cc1c(C(=O)O)cc(C=CC(N)=O)cc1[N+](=O)[O-]. The molecule has 1 aromatic carbocycles. The van der Waals surface area contributed by atoms with Crippen LogP contribution in [-0.4, -0.2) is 21.9 Å². The molecule has 1 amide bonds. The Balaban J connectivity index is 3.43. The molecule has 0 bridgehead atoms. The van der Waals surface area contributed by atoms with Gasteiger partial charge in [-0.05, 0) is 24.6 Å². The van der Waals surface area contributed by atoms with Gasteiger partial charge in [0, 0.05) is 17.7 Å². The van der Waals surface area contributed by atoms with Gasteiger partial charge in [0.15, 0.2) is 0 Å². The van der Waals surface area contributed by atoms with E-state index in [-0.39, 0.29) is 22.4 Å². The van der Waals surface area contributed by atoms with Crippen LogP contribution in [0.3, 0.4) is 0 Å². The highest BCUT2D eigenvalue weighted by Crippen LogP contribution is 2.24. The Hall–Kier alpha value is -2.70. The van der Waals surface area contributed by atoms with Crippen LogP contribution in [0.25, 0.3) is 6.08 Å². The second kappa shape index (κ2) is 5.09. The quantitative estimate of drug-likeness (QED) is 0.470. The lowest BCUT2D eigenvalue weighted by Crippen LogP contribution is -2.06. The predicted molar refractivity (Wildman–Crippen MR) is 63.0 cm³/mol. The molecule has 1 aromatic rings. The number of nitrogens with two attached hydrogens (primary N) is 1. The molecular weight excluding hydrogens is 240 g/mol. The van der Waals surface area contributed by atoms with E-state index in [9.17, 15) is 19.7 Å². The average Bonchev–Trinajstić information content (AvgIpc) is 2.26. The molecule has 0 saturated carbocycles. The maximum atomic E-state index is 10.9. The summed E-state index contributed by atoms with van der Waals surface area (Å²) >= 11 is 0. The maximum Gasteiger partial charge on any atom is 0.336 e. The number of amides is 1. The standard InChI is InChI=1S/C11H10N2O5/c1-6-8(11(15)16)4-7(2-3-10(12)14)5-9(6)13(17)18/h2-5H,1H3,(H2,12,14)(H,15,16). The average molecular weight is 250 g/mol. The van der Waals surface area contributed by atoms with Crippen LogP contribution in [0.5, 0.6) is 0 Å². The van der Waals surface area contributed by atoms with Crippen molar-refractivity contribution >= 4 is 23.6 Å². The van der Waals surface area contributed by atoms with E-state index in [1.54, 1.807) is 0 Å². The number of aromatic carboxylic acids is 1. The lowest BCUT2D eigenvalue weighted by Gasteiger charge is -2.04. The van der Waals surface area contributed by atoms with Crippen LogP contribution in [0.1, 0.15) is 21.5 Å². The zero-order valence-corrected chi connectivity index (χ0v) is 9.41. The molecule has 0 aromatic heterocycles. The molecule has 0 aliphatic heterocycles. The minimum absolute atomic E-state index is 0.0590. The summed E-state index contributed by atoms with van der Waals surface area (Å²) in [6, 6.07) is 2.42. The van der Waals surface area contributed by atoms with Gasteiger partial charge in [0.25, 0.3) is 5.69 Å². The van der Waals surface area contributed by atoms with Crippen LogP contribution in [0.4, 0.5) is 5.69 Å². The van der Waals surface area contributed by atoms with Gasteiger partial charge in [0.2, 0.25) is 5.91 Å². The van der Waals surface area contributed by atoms with Crippen LogP contribution in [0.15, 0.2) is 18.2 Å². The lowest BCUT2D eigenvalue weighted by molar-refractivity contribution is -0.385. The van der Waals surface area contributed by atoms with Crippen molar-refractivity contribution in [2.24, 2.45) is 5.73 Å². The van der Waals surface area contributed by atoms with Crippen LogP contribution in [0, 0.1) is 17.0 Å². The molecule has 94 valence electrons. The number of nitro groups is 1. The molecule has 3 N–H and O–H groups in total. The van der Waals surface area contributed by atoms with Crippen molar-refractivity contribution in [1.29, 1.82) is 0 Å². The van der Waals surface area contributed by atoms with Gasteiger partial charge in [-0.15, -0.1) is 0 Å². The summed E-state index contributed by atoms with van der Waals surface area (Å²) in [6.45, 7) is 1.35. The fourth-order valence-corrected chi connectivity index (χ4v) is 1.41. The predicted octanol–water partition coefficient (Wildman–Crippen LogP) is 1.10. The molecule has 0 aliphatic rings. The first-order chi connectivity index (χ1) is 8.32. The first-order valence-corrected chi connectivity index (χ1v) is 4.82. The van der Waals surface area contributed by atoms with Crippen molar-refractivity contribution in [2.45, 2.75) is 6.92 Å². The second-order valence-corrected chi connectivity index (χ2v) is 3.51. The van der Waals surface area contributed by atoms with E-state index >= 15 is 0 Å².